The predicted octanol–water partition coefficient (Wildman–Crippen LogP) is 1.88. The lowest BCUT2D eigenvalue weighted by atomic mass is 10.4. The molecule has 0 saturated heterocycles. The maximum atomic E-state index is 4.46. The van der Waals surface area contributed by atoms with Crippen molar-refractivity contribution in [2.75, 3.05) is 19.0 Å². The van der Waals surface area contributed by atoms with Gasteiger partial charge in [-0.25, -0.2) is 4.98 Å². The van der Waals surface area contributed by atoms with Gasteiger partial charge < -0.3 is 4.90 Å². The van der Waals surface area contributed by atoms with Crippen molar-refractivity contribution in [3.05, 3.63) is 18.3 Å². The number of anilines is 1. The summed E-state index contributed by atoms with van der Waals surface area (Å²) in [7, 11) is 3.87. The molecule has 4 heteroatoms. The average molecular weight is 179 g/mol. The molecule has 0 fully saturated rings. The number of hydrogen-bond acceptors (Lipinski definition) is 4. The lowest BCUT2D eigenvalue weighted by Crippen LogP contribution is -2.09. The second kappa shape index (κ2) is 3.95. The Morgan fingerprint density at radius 3 is 2.67 bits per heavy atom. The lowest BCUT2D eigenvalue weighted by Gasteiger charge is -2.09. The van der Waals surface area contributed by atoms with Crippen molar-refractivity contribution in [2.45, 2.75) is 0 Å². The van der Waals surface area contributed by atoms with Gasteiger partial charge in [0.25, 0.3) is 0 Å². The summed E-state index contributed by atoms with van der Waals surface area (Å²) < 4.78 is 0. The van der Waals surface area contributed by atoms with Crippen LogP contribution < -0.4 is 4.90 Å². The van der Waals surface area contributed by atoms with Gasteiger partial charge in [-0.3, -0.25) is 0 Å². The van der Waals surface area contributed by atoms with Crippen molar-refractivity contribution < 1.29 is 0 Å². The molecule has 0 aliphatic carbocycles. The fraction of sp³-hybridized carbons (Fsp3) is 0.250. The number of hydrogen-bond donors (Lipinski definition) is 0. The Bertz CT molecular complexity index is 299. The first-order valence-corrected chi connectivity index (χ1v) is 3.86. The second-order valence-electron chi connectivity index (χ2n) is 2.47. The predicted molar refractivity (Wildman–Crippen MR) is 53.3 cm³/mol. The first-order valence-electron chi connectivity index (χ1n) is 3.45. The molecule has 0 spiro atoms. The van der Waals surface area contributed by atoms with Crippen molar-refractivity contribution in [1.29, 1.82) is 0 Å². The van der Waals surface area contributed by atoms with Gasteiger partial charge in [-0.15, -0.1) is 0 Å². The first kappa shape index (κ1) is 8.84. The highest BCUT2D eigenvalue weighted by molar-refractivity contribution is 7.78. The zero-order valence-corrected chi connectivity index (χ0v) is 7.80. The van der Waals surface area contributed by atoms with E-state index in [0.29, 0.717) is 0 Å². The lowest BCUT2D eigenvalue weighted by molar-refractivity contribution is 1.07. The van der Waals surface area contributed by atoms with Crippen LogP contribution in [0.3, 0.4) is 0 Å². The Hall–Kier alpha value is -1.25. The molecule has 0 amide bonds. The molecule has 0 unspecified atom stereocenters. The van der Waals surface area contributed by atoms with Gasteiger partial charge in [0.15, 0.2) is 0 Å². The van der Waals surface area contributed by atoms with E-state index in [0.717, 1.165) is 11.5 Å². The molecule has 62 valence electrons. The summed E-state index contributed by atoms with van der Waals surface area (Å²) in [4.78, 5) is 9.86. The molecule has 1 rings (SSSR count). The number of nitrogens with zero attached hydrogens (tertiary/aromatic N) is 3. The molecule has 12 heavy (non-hydrogen) atoms. The zero-order chi connectivity index (χ0) is 8.97. The number of pyridine rings is 1. The maximum Gasteiger partial charge on any atom is 0.128 e. The molecule has 0 bridgehead atoms. The van der Waals surface area contributed by atoms with Crippen LogP contribution >= 0.6 is 12.2 Å². The summed E-state index contributed by atoms with van der Waals surface area (Å²) in [5, 5.41) is 2.29. The van der Waals surface area contributed by atoms with E-state index in [2.05, 4.69) is 27.4 Å². The van der Waals surface area contributed by atoms with E-state index >= 15 is 0 Å². The number of rotatable bonds is 2. The fourth-order valence-corrected chi connectivity index (χ4v) is 0.867. The van der Waals surface area contributed by atoms with Crippen molar-refractivity contribution in [3.63, 3.8) is 0 Å². The zero-order valence-electron chi connectivity index (χ0n) is 6.98. The largest absolute Gasteiger partial charge is 0.363 e. The van der Waals surface area contributed by atoms with Crippen LogP contribution in [0.5, 0.6) is 0 Å². The molecule has 0 atom stereocenters. The first-order chi connectivity index (χ1) is 5.74. The van der Waals surface area contributed by atoms with Crippen LogP contribution in [-0.2, 0) is 0 Å². The van der Waals surface area contributed by atoms with Gasteiger partial charge >= 0.3 is 0 Å². The van der Waals surface area contributed by atoms with Crippen molar-refractivity contribution >= 4 is 28.9 Å². The highest BCUT2D eigenvalue weighted by Crippen LogP contribution is 2.13. The Balaban J connectivity index is 2.92. The van der Waals surface area contributed by atoms with Crippen LogP contribution in [0.25, 0.3) is 0 Å². The smallest absolute Gasteiger partial charge is 0.128 e. The van der Waals surface area contributed by atoms with E-state index in [9.17, 15) is 0 Å². The standard InChI is InChI=1S/C8H9N3S/c1-11(2)8-4-3-7(5-9-8)10-6-12/h3-5H,1-2H3. The molecule has 0 saturated carbocycles. The van der Waals surface area contributed by atoms with Crippen LogP contribution in [0.15, 0.2) is 23.3 Å². The van der Waals surface area contributed by atoms with Crippen LogP contribution in [0.1, 0.15) is 0 Å². The molecule has 1 heterocycles. The van der Waals surface area contributed by atoms with Gasteiger partial charge in [-0.2, -0.15) is 4.99 Å². The van der Waals surface area contributed by atoms with Gasteiger partial charge in [-0.1, -0.05) is 0 Å². The van der Waals surface area contributed by atoms with Crippen molar-refractivity contribution in [2.24, 2.45) is 4.99 Å². The highest BCUT2D eigenvalue weighted by atomic mass is 32.1. The third-order valence-corrected chi connectivity index (χ3v) is 1.46. The normalized spacial score (nSPS) is 8.83. The van der Waals surface area contributed by atoms with Crippen LogP contribution in [0.2, 0.25) is 0 Å². The summed E-state index contributed by atoms with van der Waals surface area (Å²) in [6, 6.07) is 3.73. The summed E-state index contributed by atoms with van der Waals surface area (Å²) in [6.07, 6.45) is 1.66. The van der Waals surface area contributed by atoms with E-state index in [4.69, 9.17) is 0 Å². The van der Waals surface area contributed by atoms with E-state index in [1.54, 1.807) is 6.20 Å². The average Bonchev–Trinajstić information content (AvgIpc) is 2.06. The quantitative estimate of drug-likeness (QED) is 0.512. The maximum absolute atomic E-state index is 4.46. The van der Waals surface area contributed by atoms with Crippen molar-refractivity contribution in [1.82, 2.24) is 4.98 Å². The molecular formula is C8H9N3S. The van der Waals surface area contributed by atoms with E-state index in [-0.39, 0.29) is 0 Å². The SMILES string of the molecule is CN(C)c1ccc(N=C=S)cn1. The van der Waals surface area contributed by atoms with Gasteiger partial charge in [0.05, 0.1) is 17.0 Å². The molecule has 0 aromatic carbocycles. The Morgan fingerprint density at radius 1 is 1.50 bits per heavy atom. The number of isothiocyanates is 1. The molecule has 0 radical (unpaired) electrons. The minimum atomic E-state index is 0.732. The van der Waals surface area contributed by atoms with Crippen LogP contribution in [0, 0.1) is 0 Å². The van der Waals surface area contributed by atoms with Gasteiger partial charge in [0, 0.05) is 14.1 Å². The summed E-state index contributed by atoms with van der Waals surface area (Å²) in [5.41, 5.74) is 0.732. The summed E-state index contributed by atoms with van der Waals surface area (Å²) >= 11 is 4.46. The number of thiocarbonyl (C=S) groups is 1. The van der Waals surface area contributed by atoms with Crippen molar-refractivity contribution in [3.8, 4) is 0 Å². The Labute approximate surface area is 76.8 Å². The fourth-order valence-electron chi connectivity index (χ4n) is 0.762. The van der Waals surface area contributed by atoms with Gasteiger partial charge in [0.1, 0.15) is 5.82 Å². The third-order valence-electron chi connectivity index (χ3n) is 1.37. The minimum Gasteiger partial charge on any atom is -0.363 e. The number of aliphatic imine (C=N–C) groups is 1. The molecule has 1 aromatic rings. The van der Waals surface area contributed by atoms with Crippen LogP contribution in [0.4, 0.5) is 11.5 Å². The molecule has 0 aliphatic rings. The molecule has 1 aromatic heterocycles. The monoisotopic (exact) mass is 179 g/mol. The Morgan fingerprint density at radius 2 is 2.25 bits per heavy atom. The van der Waals surface area contributed by atoms with E-state index < -0.39 is 0 Å². The Kier molecular flexibility index (Phi) is 2.91. The molecule has 0 N–H and O–H groups in total. The topological polar surface area (TPSA) is 28.5 Å². The van der Waals surface area contributed by atoms with Gasteiger partial charge in [-0.05, 0) is 24.4 Å². The minimum absolute atomic E-state index is 0.732. The van der Waals surface area contributed by atoms with E-state index in [1.165, 1.54) is 0 Å². The molecule has 0 aliphatic heterocycles. The van der Waals surface area contributed by atoms with E-state index in [1.807, 2.05) is 31.1 Å². The second-order valence-corrected chi connectivity index (χ2v) is 2.65. The molecular weight excluding hydrogens is 170 g/mol. The summed E-state index contributed by atoms with van der Waals surface area (Å²) in [6.45, 7) is 0. The number of aromatic nitrogens is 1. The molecule has 3 nitrogen and oxygen atoms in total. The third kappa shape index (κ3) is 2.12. The summed E-state index contributed by atoms with van der Waals surface area (Å²) in [5.74, 6) is 0.901. The van der Waals surface area contributed by atoms with Gasteiger partial charge in [0.2, 0.25) is 0 Å². The highest BCUT2D eigenvalue weighted by Gasteiger charge is 1.94. The van der Waals surface area contributed by atoms with Crippen LogP contribution in [-0.4, -0.2) is 24.2 Å².